The first-order valence-electron chi connectivity index (χ1n) is 8.96. The number of ether oxygens (including phenoxy) is 2. The molecule has 4 rings (SSSR count). The Morgan fingerprint density at radius 2 is 2.03 bits per heavy atom. The topological polar surface area (TPSA) is 111 Å². The van der Waals surface area contributed by atoms with Crippen molar-refractivity contribution in [3.63, 3.8) is 0 Å². The van der Waals surface area contributed by atoms with E-state index in [0.717, 1.165) is 10.6 Å². The Morgan fingerprint density at radius 3 is 2.73 bits per heavy atom. The molecular weight excluding hydrogens is 430 g/mol. The van der Waals surface area contributed by atoms with Crippen molar-refractivity contribution < 1.29 is 27.1 Å². The monoisotopic (exact) mass is 449 g/mol. The normalized spacial score (nSPS) is 14.2. The zero-order valence-corrected chi connectivity index (χ0v) is 17.9. The molecule has 0 unspecified atom stereocenters. The van der Waals surface area contributed by atoms with E-state index in [4.69, 9.17) is 13.9 Å². The summed E-state index contributed by atoms with van der Waals surface area (Å²) < 4.78 is 43.0. The standard InChI is InChI=1S/C19H19N3O6S2/c1-26-15-4-3-13(9-16(15)27-2)30(24,25)22-7-5-14-17(10-22)29-19(20-14)21-18(23)12-6-8-28-11-12/h3-4,6,8-9,11H,5,7,10H2,1-2H3,(H,20,21,23). The van der Waals surface area contributed by atoms with Crippen LogP contribution in [-0.4, -0.2) is 44.4 Å². The van der Waals surface area contributed by atoms with Gasteiger partial charge in [-0.2, -0.15) is 4.31 Å². The number of carbonyl (C=O) groups excluding carboxylic acids is 1. The Kier molecular flexibility index (Phi) is 5.50. The molecule has 1 amide bonds. The number of hydrogen-bond acceptors (Lipinski definition) is 8. The summed E-state index contributed by atoms with van der Waals surface area (Å²) >= 11 is 1.27. The van der Waals surface area contributed by atoms with E-state index in [9.17, 15) is 13.2 Å². The van der Waals surface area contributed by atoms with Crippen molar-refractivity contribution in [3.8, 4) is 11.5 Å². The third kappa shape index (κ3) is 3.78. The highest BCUT2D eigenvalue weighted by Gasteiger charge is 2.31. The molecule has 0 atom stereocenters. The lowest BCUT2D eigenvalue weighted by molar-refractivity contribution is 0.102. The fourth-order valence-electron chi connectivity index (χ4n) is 3.12. The first-order chi connectivity index (χ1) is 14.4. The summed E-state index contributed by atoms with van der Waals surface area (Å²) in [6.45, 7) is 0.480. The van der Waals surface area contributed by atoms with Crippen molar-refractivity contribution in [2.24, 2.45) is 0 Å². The number of benzene rings is 1. The number of methoxy groups -OCH3 is 2. The molecule has 1 aliphatic heterocycles. The number of nitrogens with zero attached hydrogens (tertiary/aromatic N) is 2. The predicted octanol–water partition coefficient (Wildman–Crippen LogP) is 2.75. The van der Waals surface area contributed by atoms with Crippen LogP contribution in [0.5, 0.6) is 11.5 Å². The molecule has 0 saturated heterocycles. The number of anilines is 1. The molecule has 0 saturated carbocycles. The number of sulfonamides is 1. The minimum absolute atomic E-state index is 0.126. The van der Waals surface area contributed by atoms with E-state index in [2.05, 4.69) is 10.3 Å². The van der Waals surface area contributed by atoms with Crippen LogP contribution < -0.4 is 14.8 Å². The maximum atomic E-state index is 13.1. The molecule has 3 aromatic rings. The van der Waals surface area contributed by atoms with E-state index >= 15 is 0 Å². The van der Waals surface area contributed by atoms with Crippen LogP contribution in [0.15, 0.2) is 46.1 Å². The molecule has 0 bridgehead atoms. The number of aromatic nitrogens is 1. The van der Waals surface area contributed by atoms with Gasteiger partial charge in [0, 0.05) is 23.9 Å². The second-order valence-corrected chi connectivity index (χ2v) is 9.48. The van der Waals surface area contributed by atoms with Crippen LogP contribution in [0.4, 0.5) is 5.13 Å². The van der Waals surface area contributed by atoms with E-state index in [0.29, 0.717) is 35.2 Å². The molecule has 0 radical (unpaired) electrons. The molecule has 11 heteroatoms. The van der Waals surface area contributed by atoms with Gasteiger partial charge in [-0.15, -0.1) is 11.3 Å². The first kappa shape index (κ1) is 20.4. The molecule has 3 heterocycles. The zero-order valence-electron chi connectivity index (χ0n) is 16.2. The van der Waals surface area contributed by atoms with Gasteiger partial charge in [0.15, 0.2) is 16.6 Å². The molecule has 0 aliphatic carbocycles. The second-order valence-electron chi connectivity index (χ2n) is 6.46. The summed E-state index contributed by atoms with van der Waals surface area (Å²) in [5, 5.41) is 3.15. The Balaban J connectivity index is 1.54. The minimum atomic E-state index is -3.73. The van der Waals surface area contributed by atoms with Crippen molar-refractivity contribution in [3.05, 3.63) is 52.9 Å². The summed E-state index contributed by atoms with van der Waals surface area (Å²) in [5.74, 6) is 0.473. The first-order valence-corrected chi connectivity index (χ1v) is 11.2. The number of thiazole rings is 1. The largest absolute Gasteiger partial charge is 0.493 e. The SMILES string of the molecule is COc1ccc(S(=O)(=O)N2CCc3nc(NC(=O)c4ccoc4)sc3C2)cc1OC. The number of nitrogens with one attached hydrogen (secondary N) is 1. The molecule has 1 N–H and O–H groups in total. The van der Waals surface area contributed by atoms with Gasteiger partial charge in [0.1, 0.15) is 6.26 Å². The van der Waals surface area contributed by atoms with Gasteiger partial charge in [-0.25, -0.2) is 13.4 Å². The van der Waals surface area contributed by atoms with Crippen LogP contribution in [0.2, 0.25) is 0 Å². The molecule has 1 aromatic carbocycles. The summed E-state index contributed by atoms with van der Waals surface area (Å²) in [4.78, 5) is 17.5. The Hall–Kier alpha value is -2.89. The van der Waals surface area contributed by atoms with Gasteiger partial charge in [0.05, 0.1) is 43.2 Å². The van der Waals surface area contributed by atoms with Gasteiger partial charge in [-0.05, 0) is 18.2 Å². The summed E-state index contributed by atoms with van der Waals surface area (Å²) in [6, 6.07) is 6.07. The van der Waals surface area contributed by atoms with Crippen LogP contribution in [0, 0.1) is 0 Å². The summed E-state index contributed by atoms with van der Waals surface area (Å²) in [5.41, 5.74) is 1.18. The van der Waals surface area contributed by atoms with Crippen molar-refractivity contribution >= 4 is 32.4 Å². The molecule has 0 fully saturated rings. The zero-order chi connectivity index (χ0) is 21.3. The maximum Gasteiger partial charge on any atom is 0.260 e. The lowest BCUT2D eigenvalue weighted by Gasteiger charge is -2.25. The highest BCUT2D eigenvalue weighted by Crippen LogP contribution is 2.34. The molecule has 158 valence electrons. The molecule has 0 spiro atoms. The maximum absolute atomic E-state index is 13.1. The highest BCUT2D eigenvalue weighted by molar-refractivity contribution is 7.89. The molecule has 2 aromatic heterocycles. The van der Waals surface area contributed by atoms with Crippen molar-refractivity contribution in [2.75, 3.05) is 26.1 Å². The fraction of sp³-hybridized carbons (Fsp3) is 0.263. The van der Waals surface area contributed by atoms with Crippen molar-refractivity contribution in [1.82, 2.24) is 9.29 Å². The minimum Gasteiger partial charge on any atom is -0.493 e. The number of amides is 1. The highest BCUT2D eigenvalue weighted by atomic mass is 32.2. The van der Waals surface area contributed by atoms with Crippen molar-refractivity contribution in [2.45, 2.75) is 17.9 Å². The van der Waals surface area contributed by atoms with E-state index in [1.165, 1.54) is 54.5 Å². The average Bonchev–Trinajstić information content (AvgIpc) is 3.42. The Labute approximate surface area is 177 Å². The van der Waals surface area contributed by atoms with Gasteiger partial charge in [-0.3, -0.25) is 10.1 Å². The van der Waals surface area contributed by atoms with Crippen LogP contribution >= 0.6 is 11.3 Å². The number of furan rings is 1. The van der Waals surface area contributed by atoms with Gasteiger partial charge < -0.3 is 13.9 Å². The lowest BCUT2D eigenvalue weighted by Crippen LogP contribution is -2.35. The quantitative estimate of drug-likeness (QED) is 0.616. The molecular formula is C19H19N3O6S2. The van der Waals surface area contributed by atoms with Crippen LogP contribution in [0.3, 0.4) is 0 Å². The van der Waals surface area contributed by atoms with E-state index < -0.39 is 10.0 Å². The predicted molar refractivity (Wildman–Crippen MR) is 110 cm³/mol. The van der Waals surface area contributed by atoms with Gasteiger partial charge in [0.25, 0.3) is 5.91 Å². The Morgan fingerprint density at radius 1 is 1.23 bits per heavy atom. The second kappa shape index (κ2) is 8.09. The van der Waals surface area contributed by atoms with E-state index in [1.54, 1.807) is 12.1 Å². The number of hydrogen-bond donors (Lipinski definition) is 1. The summed E-state index contributed by atoms with van der Waals surface area (Å²) in [6.07, 6.45) is 3.22. The van der Waals surface area contributed by atoms with Gasteiger partial charge in [0.2, 0.25) is 10.0 Å². The molecule has 30 heavy (non-hydrogen) atoms. The van der Waals surface area contributed by atoms with Gasteiger partial charge >= 0.3 is 0 Å². The number of fused-ring (bicyclic) bond motifs is 1. The third-order valence-corrected chi connectivity index (χ3v) is 7.53. The van der Waals surface area contributed by atoms with Gasteiger partial charge in [-0.1, -0.05) is 0 Å². The van der Waals surface area contributed by atoms with Crippen LogP contribution in [0.1, 0.15) is 20.9 Å². The summed E-state index contributed by atoms with van der Waals surface area (Å²) in [7, 11) is -0.787. The number of rotatable bonds is 6. The van der Waals surface area contributed by atoms with Crippen LogP contribution in [-0.2, 0) is 23.0 Å². The van der Waals surface area contributed by atoms with E-state index in [1.807, 2.05) is 0 Å². The molecule has 9 nitrogen and oxygen atoms in total. The van der Waals surface area contributed by atoms with Crippen molar-refractivity contribution in [1.29, 1.82) is 0 Å². The van der Waals surface area contributed by atoms with E-state index in [-0.39, 0.29) is 17.3 Å². The molecule has 1 aliphatic rings. The Bertz CT molecular complexity index is 1170. The lowest BCUT2D eigenvalue weighted by atomic mass is 10.2. The number of carbonyl (C=O) groups is 1. The average molecular weight is 450 g/mol. The third-order valence-electron chi connectivity index (χ3n) is 4.69. The van der Waals surface area contributed by atoms with Crippen LogP contribution in [0.25, 0.3) is 0 Å². The fourth-order valence-corrected chi connectivity index (χ4v) is 5.65. The smallest absolute Gasteiger partial charge is 0.260 e.